The lowest BCUT2D eigenvalue weighted by atomic mass is 9.84. The van der Waals surface area contributed by atoms with Crippen LogP contribution in [0.3, 0.4) is 0 Å². The van der Waals surface area contributed by atoms with E-state index in [2.05, 4.69) is 38.7 Å². The van der Waals surface area contributed by atoms with Crippen LogP contribution in [0.2, 0.25) is 0 Å². The van der Waals surface area contributed by atoms with Crippen molar-refractivity contribution in [3.05, 3.63) is 47.9 Å². The summed E-state index contributed by atoms with van der Waals surface area (Å²) in [7, 11) is 1.91. The van der Waals surface area contributed by atoms with E-state index in [-0.39, 0.29) is 12.0 Å². The molecule has 1 aromatic rings. The molecular weight excluding hydrogens is 372 g/mol. The Balaban J connectivity index is 2.48. The number of hydrogen-bond acceptors (Lipinski definition) is 4. The van der Waals surface area contributed by atoms with Crippen molar-refractivity contribution in [3.8, 4) is 6.07 Å². The lowest BCUT2D eigenvalue weighted by Crippen LogP contribution is -2.39. The fraction of sp³-hybridized carbons (Fsp3) is 0.609. The molecular formula is C23H35F2N3O. The zero-order valence-corrected chi connectivity index (χ0v) is 18.2. The molecule has 0 saturated carbocycles. The second kappa shape index (κ2) is 12.4. The molecule has 29 heavy (non-hydrogen) atoms. The summed E-state index contributed by atoms with van der Waals surface area (Å²) in [5.74, 6) is -1.25. The van der Waals surface area contributed by atoms with E-state index in [0.29, 0.717) is 23.9 Å². The van der Waals surface area contributed by atoms with Gasteiger partial charge in [-0.15, -0.1) is 0 Å². The van der Waals surface area contributed by atoms with Gasteiger partial charge in [0, 0.05) is 32.6 Å². The predicted molar refractivity (Wildman–Crippen MR) is 113 cm³/mol. The number of nitrogens with one attached hydrogen (secondary N) is 1. The van der Waals surface area contributed by atoms with E-state index in [9.17, 15) is 8.78 Å². The first-order valence-electron chi connectivity index (χ1n) is 10.3. The van der Waals surface area contributed by atoms with Gasteiger partial charge in [0.1, 0.15) is 6.61 Å². The van der Waals surface area contributed by atoms with Crippen molar-refractivity contribution in [2.75, 3.05) is 20.1 Å². The van der Waals surface area contributed by atoms with Crippen molar-refractivity contribution >= 4 is 0 Å². The first-order chi connectivity index (χ1) is 13.7. The molecule has 0 radical (unpaired) electrons. The summed E-state index contributed by atoms with van der Waals surface area (Å²) in [4.78, 5) is 1.93. The van der Waals surface area contributed by atoms with E-state index >= 15 is 0 Å². The quantitative estimate of drug-likeness (QED) is 0.422. The van der Waals surface area contributed by atoms with Gasteiger partial charge in [-0.05, 0) is 49.0 Å². The minimum absolute atomic E-state index is 0.0101. The van der Waals surface area contributed by atoms with Crippen LogP contribution in [0.5, 0.6) is 0 Å². The summed E-state index contributed by atoms with van der Waals surface area (Å²) in [5.41, 5.74) is 0.546. The molecule has 0 bridgehead atoms. The Morgan fingerprint density at radius 1 is 1.31 bits per heavy atom. The second-order valence-electron chi connectivity index (χ2n) is 8.01. The average molecular weight is 408 g/mol. The molecule has 162 valence electrons. The molecule has 4 nitrogen and oxygen atoms in total. The third-order valence-electron chi connectivity index (χ3n) is 5.44. The monoisotopic (exact) mass is 407 g/mol. The fourth-order valence-corrected chi connectivity index (χ4v) is 2.97. The van der Waals surface area contributed by atoms with Crippen molar-refractivity contribution in [3.63, 3.8) is 0 Å². The van der Waals surface area contributed by atoms with Crippen LogP contribution in [-0.4, -0.2) is 31.1 Å². The highest BCUT2D eigenvalue weighted by molar-refractivity contribution is 5.17. The average Bonchev–Trinajstić information content (AvgIpc) is 2.70. The van der Waals surface area contributed by atoms with Gasteiger partial charge in [0.15, 0.2) is 17.5 Å². The van der Waals surface area contributed by atoms with Crippen LogP contribution in [0.4, 0.5) is 8.78 Å². The molecule has 0 spiro atoms. The maximum Gasteiger partial charge on any atom is 0.181 e. The van der Waals surface area contributed by atoms with Gasteiger partial charge >= 0.3 is 0 Å². The van der Waals surface area contributed by atoms with Crippen molar-refractivity contribution < 1.29 is 13.5 Å². The number of nitrogens with zero attached hydrogens (tertiary/aromatic N) is 2. The van der Waals surface area contributed by atoms with Crippen LogP contribution in [0, 0.1) is 28.4 Å². The van der Waals surface area contributed by atoms with Gasteiger partial charge in [-0.3, -0.25) is 0 Å². The Morgan fingerprint density at radius 3 is 2.62 bits per heavy atom. The van der Waals surface area contributed by atoms with Crippen LogP contribution in [-0.2, 0) is 11.3 Å². The molecule has 1 N–H and O–H groups in total. The number of benzene rings is 1. The Labute approximate surface area is 174 Å². The van der Waals surface area contributed by atoms with Gasteiger partial charge in [0.2, 0.25) is 0 Å². The third-order valence-corrected chi connectivity index (χ3v) is 5.44. The fourth-order valence-electron chi connectivity index (χ4n) is 2.97. The lowest BCUT2D eigenvalue weighted by Gasteiger charge is -2.30. The van der Waals surface area contributed by atoms with Gasteiger partial charge in [0.25, 0.3) is 0 Å². The van der Waals surface area contributed by atoms with Gasteiger partial charge < -0.3 is 15.0 Å². The smallest absolute Gasteiger partial charge is 0.181 e. The van der Waals surface area contributed by atoms with E-state index in [1.807, 2.05) is 11.9 Å². The molecule has 2 unspecified atom stereocenters. The molecule has 0 aliphatic carbocycles. The minimum Gasteiger partial charge on any atom is -0.475 e. The first kappa shape index (κ1) is 24.9. The summed E-state index contributed by atoms with van der Waals surface area (Å²) in [5, 5.41) is 12.7. The second-order valence-corrected chi connectivity index (χ2v) is 8.01. The van der Waals surface area contributed by atoms with E-state index in [1.165, 1.54) is 6.07 Å². The van der Waals surface area contributed by atoms with Crippen LogP contribution in [0.15, 0.2) is 30.7 Å². The number of halogens is 2. The molecule has 0 aromatic heterocycles. The van der Waals surface area contributed by atoms with Gasteiger partial charge in [0.05, 0.1) is 6.07 Å². The molecule has 0 aliphatic rings. The zero-order chi connectivity index (χ0) is 21.9. The Kier molecular flexibility index (Phi) is 10.7. The first-order valence-corrected chi connectivity index (χ1v) is 10.3. The zero-order valence-electron chi connectivity index (χ0n) is 18.2. The van der Waals surface area contributed by atoms with Crippen LogP contribution in [0.1, 0.15) is 58.4 Å². The molecule has 0 amide bonds. The van der Waals surface area contributed by atoms with Crippen molar-refractivity contribution in [1.82, 2.24) is 10.2 Å². The Hall–Kier alpha value is -2.13. The van der Waals surface area contributed by atoms with E-state index in [1.54, 1.807) is 0 Å². The highest BCUT2D eigenvalue weighted by atomic mass is 19.2. The normalized spacial score (nSPS) is 14.0. The molecule has 1 rings (SSSR count). The molecule has 0 heterocycles. The van der Waals surface area contributed by atoms with Crippen LogP contribution < -0.4 is 5.32 Å². The lowest BCUT2D eigenvalue weighted by molar-refractivity contribution is 0.114. The largest absolute Gasteiger partial charge is 0.475 e. The summed E-state index contributed by atoms with van der Waals surface area (Å²) < 4.78 is 31.9. The molecule has 2 atom stereocenters. The Morgan fingerprint density at radius 2 is 2.03 bits per heavy atom. The number of nitriles is 1. The molecule has 0 aliphatic heterocycles. The van der Waals surface area contributed by atoms with Crippen molar-refractivity contribution in [2.45, 2.75) is 65.5 Å². The third kappa shape index (κ3) is 8.82. The molecule has 6 heteroatoms. The molecule has 1 aromatic carbocycles. The highest BCUT2D eigenvalue weighted by Gasteiger charge is 2.23. The summed E-state index contributed by atoms with van der Waals surface area (Å²) in [6.07, 6.45) is 4.56. The van der Waals surface area contributed by atoms with Crippen molar-refractivity contribution in [2.24, 2.45) is 5.41 Å². The van der Waals surface area contributed by atoms with E-state index in [0.717, 1.165) is 50.9 Å². The summed E-state index contributed by atoms with van der Waals surface area (Å²) in [6, 6.07) is 6.38. The maximum atomic E-state index is 13.3. The van der Waals surface area contributed by atoms with Gasteiger partial charge in [-0.1, -0.05) is 33.3 Å². The summed E-state index contributed by atoms with van der Waals surface area (Å²) in [6.45, 7) is 12.1. The minimum atomic E-state index is -0.881. The SMILES string of the molecule is C=C(OCc1ccc(F)c(F)c1)N(C)CCC(CCC)NCC(C)(CC)CC#N. The standard InChI is InChI=1S/C23H35F2N3O/c1-6-8-20(27-17-23(4,7-2)12-13-26)11-14-28(5)18(3)29-16-19-9-10-21(24)22(25)15-19/h9-10,15,20,27H,3,6-8,11-12,14,16-17H2,1-2,4-5H3. The maximum absolute atomic E-state index is 13.3. The van der Waals surface area contributed by atoms with E-state index in [4.69, 9.17) is 10.00 Å². The summed E-state index contributed by atoms with van der Waals surface area (Å²) >= 11 is 0. The topological polar surface area (TPSA) is 48.3 Å². The van der Waals surface area contributed by atoms with Gasteiger partial charge in [-0.25, -0.2) is 8.78 Å². The van der Waals surface area contributed by atoms with Gasteiger partial charge in [-0.2, -0.15) is 5.26 Å². The molecule has 0 fully saturated rings. The number of hydrogen-bond donors (Lipinski definition) is 1. The van der Waals surface area contributed by atoms with Crippen LogP contribution >= 0.6 is 0 Å². The van der Waals surface area contributed by atoms with E-state index < -0.39 is 11.6 Å². The Bertz CT molecular complexity index is 689. The highest BCUT2D eigenvalue weighted by Crippen LogP contribution is 2.24. The molecule has 0 saturated heterocycles. The van der Waals surface area contributed by atoms with Crippen LogP contribution in [0.25, 0.3) is 0 Å². The predicted octanol–water partition coefficient (Wildman–Crippen LogP) is 5.36. The number of rotatable bonds is 14. The van der Waals surface area contributed by atoms with Crippen molar-refractivity contribution in [1.29, 1.82) is 5.26 Å². The number of ether oxygens (including phenoxy) is 1.